The van der Waals surface area contributed by atoms with Gasteiger partial charge in [0.15, 0.2) is 23.0 Å². The first-order valence-electron chi connectivity index (χ1n) is 13.9. The zero-order valence-electron chi connectivity index (χ0n) is 25.7. The largest absolute Gasteiger partial charge is 0.493 e. The van der Waals surface area contributed by atoms with Crippen molar-refractivity contribution >= 4 is 23.8 Å². The van der Waals surface area contributed by atoms with Gasteiger partial charge in [-0.1, -0.05) is 0 Å². The number of nitrogens with zero attached hydrogens (tertiary/aromatic N) is 3. The van der Waals surface area contributed by atoms with E-state index in [1.54, 1.807) is 17.0 Å². The minimum Gasteiger partial charge on any atom is -0.493 e. The summed E-state index contributed by atoms with van der Waals surface area (Å²) in [6.45, 7) is 0.351. The second kappa shape index (κ2) is 14.1. The topological polar surface area (TPSA) is 143 Å². The van der Waals surface area contributed by atoms with Gasteiger partial charge >= 0.3 is 6.09 Å². The van der Waals surface area contributed by atoms with Crippen molar-refractivity contribution in [2.24, 2.45) is 0 Å². The van der Waals surface area contributed by atoms with Crippen LogP contribution in [0.1, 0.15) is 33.6 Å². The third kappa shape index (κ3) is 6.38. The van der Waals surface area contributed by atoms with Crippen molar-refractivity contribution in [2.75, 3.05) is 75.4 Å². The molecule has 2 heterocycles. The number of hydrogen-bond donors (Lipinski definition) is 0. The van der Waals surface area contributed by atoms with E-state index in [0.29, 0.717) is 40.9 Å². The summed E-state index contributed by atoms with van der Waals surface area (Å²) in [5.41, 5.74) is 0.525. The molecular weight excluding hydrogens is 578 g/mol. The normalized spacial score (nSPS) is 16.4. The Labute approximate surface area is 255 Å². The Morgan fingerprint density at radius 2 is 1.20 bits per heavy atom. The lowest BCUT2D eigenvalue weighted by molar-refractivity contribution is -0.126. The average Bonchev–Trinajstić information content (AvgIpc) is 3.50. The molecule has 2 aromatic rings. The number of imide groups is 1. The van der Waals surface area contributed by atoms with E-state index in [1.165, 1.54) is 59.7 Å². The number of rotatable bonds is 10. The molecule has 14 nitrogen and oxygen atoms in total. The van der Waals surface area contributed by atoms with Crippen molar-refractivity contribution in [2.45, 2.75) is 18.9 Å². The van der Waals surface area contributed by atoms with Gasteiger partial charge in [-0.05, 0) is 30.7 Å². The number of methoxy groups -OCH3 is 6. The van der Waals surface area contributed by atoms with Crippen molar-refractivity contribution in [1.82, 2.24) is 14.7 Å². The molecule has 0 saturated carbocycles. The molecule has 4 rings (SSSR count). The van der Waals surface area contributed by atoms with Gasteiger partial charge in [0.05, 0.1) is 48.7 Å². The van der Waals surface area contributed by atoms with Crippen LogP contribution in [0.3, 0.4) is 0 Å². The lowest BCUT2D eigenvalue weighted by atomic mass is 10.1. The first-order chi connectivity index (χ1) is 21.2. The first-order valence-corrected chi connectivity index (χ1v) is 13.9. The molecular formula is C30H37N3O11. The molecule has 2 aliphatic rings. The van der Waals surface area contributed by atoms with E-state index in [1.807, 2.05) is 0 Å². The third-order valence-electron chi connectivity index (χ3n) is 7.55. The number of benzene rings is 2. The molecule has 1 atom stereocenters. The van der Waals surface area contributed by atoms with E-state index < -0.39 is 18.0 Å². The standard InChI is InChI=1S/C30H37N3O11/c1-38-21-12-18(13-22(39-2)26(21)42-5)28(35)31-10-11-32(20(16-31)17-44-30(37)33-9-7-8-25(33)34)29(36)19-14-23(40-3)27(43-6)24(15-19)41-4/h12-15,20H,7-11,16-17H2,1-6H3. The van der Waals surface area contributed by atoms with Gasteiger partial charge in [0.1, 0.15) is 6.61 Å². The number of ether oxygens (including phenoxy) is 7. The number of hydrogen-bond acceptors (Lipinski definition) is 11. The predicted octanol–water partition coefficient (Wildman–Crippen LogP) is 2.46. The number of piperazine rings is 1. The van der Waals surface area contributed by atoms with Gasteiger partial charge in [0.25, 0.3) is 11.8 Å². The van der Waals surface area contributed by atoms with Crippen molar-refractivity contribution in [3.05, 3.63) is 35.4 Å². The number of amides is 4. The Morgan fingerprint density at radius 3 is 1.64 bits per heavy atom. The zero-order chi connectivity index (χ0) is 32.0. The van der Waals surface area contributed by atoms with Crippen LogP contribution in [-0.2, 0) is 9.53 Å². The molecule has 2 saturated heterocycles. The number of carbonyl (C=O) groups is 4. The Balaban J connectivity index is 1.63. The molecule has 0 bridgehead atoms. The van der Waals surface area contributed by atoms with Crippen LogP contribution in [0.25, 0.3) is 0 Å². The fourth-order valence-corrected chi connectivity index (χ4v) is 5.29. The molecule has 4 amide bonds. The van der Waals surface area contributed by atoms with Gasteiger partial charge < -0.3 is 43.0 Å². The van der Waals surface area contributed by atoms with E-state index in [-0.39, 0.29) is 62.1 Å². The van der Waals surface area contributed by atoms with Gasteiger partial charge in [-0.25, -0.2) is 9.69 Å². The highest BCUT2D eigenvalue weighted by Gasteiger charge is 2.37. The maximum atomic E-state index is 13.9. The summed E-state index contributed by atoms with van der Waals surface area (Å²) in [5.74, 6) is 0.811. The highest BCUT2D eigenvalue weighted by atomic mass is 16.6. The Morgan fingerprint density at radius 1 is 0.705 bits per heavy atom. The summed E-state index contributed by atoms with van der Waals surface area (Å²) in [7, 11) is 8.72. The fraction of sp³-hybridized carbons (Fsp3) is 0.467. The predicted molar refractivity (Wildman–Crippen MR) is 155 cm³/mol. The third-order valence-corrected chi connectivity index (χ3v) is 7.55. The maximum Gasteiger partial charge on any atom is 0.416 e. The monoisotopic (exact) mass is 615 g/mol. The lowest BCUT2D eigenvalue weighted by Gasteiger charge is -2.41. The summed E-state index contributed by atoms with van der Waals surface area (Å²) in [6.07, 6.45) is 0.0300. The molecule has 238 valence electrons. The molecule has 0 spiro atoms. The zero-order valence-corrected chi connectivity index (χ0v) is 25.7. The van der Waals surface area contributed by atoms with Crippen LogP contribution < -0.4 is 28.4 Å². The highest BCUT2D eigenvalue weighted by molar-refractivity contribution is 5.98. The quantitative estimate of drug-likeness (QED) is 0.389. The second-order valence-corrected chi connectivity index (χ2v) is 9.96. The van der Waals surface area contributed by atoms with E-state index >= 15 is 0 Å². The van der Waals surface area contributed by atoms with Crippen LogP contribution >= 0.6 is 0 Å². The van der Waals surface area contributed by atoms with Gasteiger partial charge in [-0.2, -0.15) is 0 Å². The van der Waals surface area contributed by atoms with Crippen molar-refractivity contribution < 1.29 is 52.3 Å². The van der Waals surface area contributed by atoms with E-state index in [2.05, 4.69) is 0 Å². The SMILES string of the molecule is COc1cc(C(=O)N2CCN(C(=O)c3cc(OC)c(OC)c(OC)c3)C(COC(=O)N3CCCC3=O)C2)cc(OC)c1OC. The minimum absolute atomic E-state index is 0.0346. The molecule has 2 fully saturated rings. The van der Waals surface area contributed by atoms with Gasteiger partial charge in [-0.3, -0.25) is 14.4 Å². The Bertz CT molecular complexity index is 1360. The highest BCUT2D eigenvalue weighted by Crippen LogP contribution is 2.40. The smallest absolute Gasteiger partial charge is 0.416 e. The van der Waals surface area contributed by atoms with E-state index in [9.17, 15) is 19.2 Å². The average molecular weight is 616 g/mol. The molecule has 2 aromatic carbocycles. The number of likely N-dealkylation sites (tertiary alicyclic amines) is 1. The maximum absolute atomic E-state index is 13.9. The molecule has 2 aliphatic heterocycles. The van der Waals surface area contributed by atoms with Gasteiger partial charge in [-0.15, -0.1) is 0 Å². The minimum atomic E-state index is -0.791. The summed E-state index contributed by atoms with van der Waals surface area (Å²) < 4.78 is 37.9. The summed E-state index contributed by atoms with van der Waals surface area (Å²) in [4.78, 5) is 56.6. The van der Waals surface area contributed by atoms with Crippen LogP contribution in [0.15, 0.2) is 24.3 Å². The van der Waals surface area contributed by atoms with E-state index in [4.69, 9.17) is 33.2 Å². The van der Waals surface area contributed by atoms with Crippen molar-refractivity contribution in [1.29, 1.82) is 0 Å². The Kier molecular flexibility index (Phi) is 10.2. The van der Waals surface area contributed by atoms with E-state index in [0.717, 1.165) is 4.90 Å². The van der Waals surface area contributed by atoms with Gasteiger partial charge in [0, 0.05) is 43.7 Å². The fourth-order valence-electron chi connectivity index (χ4n) is 5.29. The van der Waals surface area contributed by atoms with Crippen LogP contribution in [0.2, 0.25) is 0 Å². The summed E-state index contributed by atoms with van der Waals surface area (Å²) in [6, 6.07) is 5.41. The Hall–Kier alpha value is -4.88. The summed E-state index contributed by atoms with van der Waals surface area (Å²) >= 11 is 0. The molecule has 0 aromatic heterocycles. The summed E-state index contributed by atoms with van der Waals surface area (Å²) in [5, 5.41) is 0. The van der Waals surface area contributed by atoms with Crippen LogP contribution in [0.5, 0.6) is 34.5 Å². The lowest BCUT2D eigenvalue weighted by Crippen LogP contribution is -2.58. The van der Waals surface area contributed by atoms with Crippen molar-refractivity contribution in [3.63, 3.8) is 0 Å². The first kappa shape index (κ1) is 32.0. The van der Waals surface area contributed by atoms with Gasteiger partial charge in [0.2, 0.25) is 17.4 Å². The molecule has 0 radical (unpaired) electrons. The molecule has 1 unspecified atom stereocenters. The molecule has 0 N–H and O–H groups in total. The van der Waals surface area contributed by atoms with Crippen molar-refractivity contribution in [3.8, 4) is 34.5 Å². The van der Waals surface area contributed by atoms with Crippen LogP contribution in [0, 0.1) is 0 Å². The van der Waals surface area contributed by atoms with Crippen LogP contribution in [-0.4, -0.2) is 120 Å². The van der Waals surface area contributed by atoms with Crippen LogP contribution in [0.4, 0.5) is 4.79 Å². The number of carbonyl (C=O) groups excluding carboxylic acids is 4. The molecule has 14 heteroatoms. The second-order valence-electron chi connectivity index (χ2n) is 9.96. The molecule has 44 heavy (non-hydrogen) atoms. The molecule has 0 aliphatic carbocycles.